The zero-order valence-electron chi connectivity index (χ0n) is 14.2. The van der Waals surface area contributed by atoms with Crippen LogP contribution in [0.15, 0.2) is 12.1 Å². The number of ether oxygens (including phenoxy) is 1. The topological polar surface area (TPSA) is 114 Å². The van der Waals surface area contributed by atoms with Crippen LogP contribution >= 0.6 is 11.6 Å². The lowest BCUT2D eigenvalue weighted by molar-refractivity contribution is 0.0938. The van der Waals surface area contributed by atoms with Crippen LogP contribution in [0.1, 0.15) is 30.1 Å². The van der Waals surface area contributed by atoms with Crippen LogP contribution in [-0.4, -0.2) is 52.0 Å². The molecule has 0 radical (unpaired) electrons. The van der Waals surface area contributed by atoms with Gasteiger partial charge in [0.2, 0.25) is 0 Å². The highest BCUT2D eigenvalue weighted by Crippen LogP contribution is 2.31. The number of methoxy groups -OCH3 is 1. The van der Waals surface area contributed by atoms with E-state index < -0.39 is 10.2 Å². The molecule has 4 N–H and O–H groups in total. The molecule has 0 bridgehead atoms. The van der Waals surface area contributed by atoms with Crippen LogP contribution in [0, 0.1) is 0 Å². The van der Waals surface area contributed by atoms with Gasteiger partial charge < -0.3 is 10.1 Å². The van der Waals surface area contributed by atoms with Gasteiger partial charge in [-0.15, -0.1) is 0 Å². The maximum Gasteiger partial charge on any atom is 0.296 e. The fourth-order valence-electron chi connectivity index (χ4n) is 2.98. The van der Waals surface area contributed by atoms with Gasteiger partial charge in [-0.25, -0.2) is 5.14 Å². The molecule has 0 aliphatic carbocycles. The fourth-order valence-corrected chi connectivity index (χ4v) is 3.71. The first-order valence-corrected chi connectivity index (χ1v) is 9.88. The van der Waals surface area contributed by atoms with Gasteiger partial charge in [0.05, 0.1) is 23.4 Å². The van der Waals surface area contributed by atoms with Crippen LogP contribution in [0.3, 0.4) is 0 Å². The molecular formula is C15H23ClN4O4S. The van der Waals surface area contributed by atoms with Crippen molar-refractivity contribution in [3.05, 3.63) is 22.7 Å². The van der Waals surface area contributed by atoms with E-state index in [-0.39, 0.29) is 27.9 Å². The molecule has 2 rings (SSSR count). The van der Waals surface area contributed by atoms with Crippen LogP contribution in [0.5, 0.6) is 5.75 Å². The Labute approximate surface area is 152 Å². The third-order valence-corrected chi connectivity index (χ3v) is 5.01. The molecule has 1 fully saturated rings. The number of carbonyl (C=O) groups excluding carboxylic acids is 1. The Bertz CT molecular complexity index is 741. The van der Waals surface area contributed by atoms with E-state index in [9.17, 15) is 13.2 Å². The number of carbonyl (C=O) groups is 1. The largest absolute Gasteiger partial charge is 0.496 e. The van der Waals surface area contributed by atoms with Gasteiger partial charge >= 0.3 is 0 Å². The second-order valence-electron chi connectivity index (χ2n) is 5.81. The molecule has 8 nitrogen and oxygen atoms in total. The number of hydrogen-bond acceptors (Lipinski definition) is 5. The van der Waals surface area contributed by atoms with E-state index in [2.05, 4.69) is 21.9 Å². The van der Waals surface area contributed by atoms with Gasteiger partial charge in [0, 0.05) is 18.7 Å². The Hall–Kier alpha value is -1.55. The predicted octanol–water partition coefficient (Wildman–Crippen LogP) is 1.18. The molecule has 25 heavy (non-hydrogen) atoms. The Morgan fingerprint density at radius 2 is 2.20 bits per heavy atom. The number of likely N-dealkylation sites (N-methyl/N-ethyl adjacent to an activating group) is 1. The van der Waals surface area contributed by atoms with Gasteiger partial charge in [0.15, 0.2) is 0 Å². The summed E-state index contributed by atoms with van der Waals surface area (Å²) >= 11 is 6.01. The van der Waals surface area contributed by atoms with Gasteiger partial charge in [0.25, 0.3) is 16.1 Å². The summed E-state index contributed by atoms with van der Waals surface area (Å²) in [5.74, 6) is -0.116. The number of halogens is 1. The van der Waals surface area contributed by atoms with Crippen molar-refractivity contribution in [1.29, 1.82) is 0 Å². The Kier molecular flexibility index (Phi) is 6.50. The molecule has 1 atom stereocenters. The van der Waals surface area contributed by atoms with Crippen molar-refractivity contribution in [2.45, 2.75) is 25.8 Å². The minimum Gasteiger partial charge on any atom is -0.496 e. The van der Waals surface area contributed by atoms with Gasteiger partial charge in [0.1, 0.15) is 5.75 Å². The maximum atomic E-state index is 12.5. The van der Waals surface area contributed by atoms with Crippen molar-refractivity contribution >= 4 is 33.4 Å². The van der Waals surface area contributed by atoms with E-state index in [1.165, 1.54) is 19.2 Å². The number of nitrogens with two attached hydrogens (primary N) is 1. The first-order valence-electron chi connectivity index (χ1n) is 7.95. The molecule has 1 aliphatic heterocycles. The fraction of sp³-hybridized carbons (Fsp3) is 0.533. The smallest absolute Gasteiger partial charge is 0.296 e. The van der Waals surface area contributed by atoms with Gasteiger partial charge in [-0.2, -0.15) is 8.42 Å². The number of anilines is 1. The summed E-state index contributed by atoms with van der Waals surface area (Å²) in [5, 5.41) is 7.93. The predicted molar refractivity (Wildman–Crippen MR) is 97.3 cm³/mol. The van der Waals surface area contributed by atoms with Crippen LogP contribution < -0.4 is 19.9 Å². The SMILES string of the molecule is CCN1CCCC1CNC(=O)c1cc(NS(N)(=O)=O)c(Cl)cc1OC. The average Bonchev–Trinajstić information content (AvgIpc) is 3.00. The average molecular weight is 391 g/mol. The van der Waals surface area contributed by atoms with Crippen molar-refractivity contribution in [2.24, 2.45) is 5.14 Å². The van der Waals surface area contributed by atoms with E-state index in [0.717, 1.165) is 25.9 Å². The minimum atomic E-state index is -4.01. The molecule has 1 unspecified atom stereocenters. The summed E-state index contributed by atoms with van der Waals surface area (Å²) in [6.45, 7) is 4.57. The van der Waals surface area contributed by atoms with Gasteiger partial charge in [-0.3, -0.25) is 14.4 Å². The molecule has 1 aliphatic rings. The molecule has 1 aromatic carbocycles. The lowest BCUT2D eigenvalue weighted by Crippen LogP contribution is -2.40. The van der Waals surface area contributed by atoms with Gasteiger partial charge in [-0.05, 0) is 32.0 Å². The second-order valence-corrected chi connectivity index (χ2v) is 7.52. The lowest BCUT2D eigenvalue weighted by Gasteiger charge is -2.23. The Morgan fingerprint density at radius 1 is 1.48 bits per heavy atom. The molecule has 1 saturated heterocycles. The third-order valence-electron chi connectivity index (χ3n) is 4.19. The van der Waals surface area contributed by atoms with E-state index in [4.69, 9.17) is 21.5 Å². The zero-order chi connectivity index (χ0) is 18.6. The monoisotopic (exact) mass is 390 g/mol. The maximum absolute atomic E-state index is 12.5. The highest BCUT2D eigenvalue weighted by Gasteiger charge is 2.24. The summed E-state index contributed by atoms with van der Waals surface area (Å²) in [4.78, 5) is 14.9. The van der Waals surface area contributed by atoms with E-state index in [1.807, 2.05) is 0 Å². The molecule has 0 spiro atoms. The standard InChI is InChI=1S/C15H23ClN4O4S/c1-3-20-6-4-5-10(20)9-18-15(21)11-7-13(19-25(17,22)23)12(16)8-14(11)24-2/h7-8,10,19H,3-6,9H2,1-2H3,(H,18,21)(H2,17,22,23). The first-order chi connectivity index (χ1) is 11.7. The van der Waals surface area contributed by atoms with E-state index >= 15 is 0 Å². The summed E-state index contributed by atoms with van der Waals surface area (Å²) in [6.07, 6.45) is 2.14. The Balaban J connectivity index is 2.18. The number of rotatable bonds is 7. The Morgan fingerprint density at radius 3 is 2.80 bits per heavy atom. The summed E-state index contributed by atoms with van der Waals surface area (Å²) in [7, 11) is -2.60. The molecule has 1 aromatic rings. The number of amides is 1. The van der Waals surface area contributed by atoms with Crippen molar-refractivity contribution in [3.8, 4) is 5.75 Å². The molecule has 0 aromatic heterocycles. The van der Waals surface area contributed by atoms with Crippen LogP contribution in [0.4, 0.5) is 5.69 Å². The molecule has 140 valence electrons. The number of benzene rings is 1. The van der Waals surface area contributed by atoms with Crippen LogP contribution in [0.2, 0.25) is 5.02 Å². The van der Waals surface area contributed by atoms with Crippen molar-refractivity contribution in [1.82, 2.24) is 10.2 Å². The molecule has 1 amide bonds. The van der Waals surface area contributed by atoms with Crippen LogP contribution in [-0.2, 0) is 10.2 Å². The quantitative estimate of drug-likeness (QED) is 0.646. The summed E-state index contributed by atoms with van der Waals surface area (Å²) in [6, 6.07) is 2.99. The minimum absolute atomic E-state index is 0.0196. The molecular weight excluding hydrogens is 368 g/mol. The molecule has 10 heteroatoms. The summed E-state index contributed by atoms with van der Waals surface area (Å²) < 4.78 is 29.7. The number of nitrogens with zero attached hydrogens (tertiary/aromatic N) is 1. The van der Waals surface area contributed by atoms with Crippen molar-refractivity contribution in [3.63, 3.8) is 0 Å². The van der Waals surface area contributed by atoms with E-state index in [1.54, 1.807) is 0 Å². The number of hydrogen-bond donors (Lipinski definition) is 3. The molecule has 1 heterocycles. The second kappa shape index (κ2) is 8.22. The first kappa shape index (κ1) is 19.8. The van der Waals surface area contributed by atoms with Crippen molar-refractivity contribution < 1.29 is 17.9 Å². The molecule has 0 saturated carbocycles. The zero-order valence-corrected chi connectivity index (χ0v) is 15.8. The van der Waals surface area contributed by atoms with Gasteiger partial charge in [-0.1, -0.05) is 18.5 Å². The normalized spacial score (nSPS) is 18.2. The van der Waals surface area contributed by atoms with Crippen LogP contribution in [0.25, 0.3) is 0 Å². The third kappa shape index (κ3) is 5.21. The van der Waals surface area contributed by atoms with E-state index in [0.29, 0.717) is 12.6 Å². The number of nitrogens with one attached hydrogen (secondary N) is 2. The van der Waals surface area contributed by atoms with Crippen molar-refractivity contribution in [2.75, 3.05) is 31.5 Å². The highest BCUT2D eigenvalue weighted by molar-refractivity contribution is 7.90. The highest BCUT2D eigenvalue weighted by atomic mass is 35.5. The summed E-state index contributed by atoms with van der Waals surface area (Å²) in [5.41, 5.74) is 0.199. The number of likely N-dealkylation sites (tertiary alicyclic amines) is 1. The lowest BCUT2D eigenvalue weighted by atomic mass is 10.1.